The Labute approximate surface area is 151 Å². The second-order valence-electron chi connectivity index (χ2n) is 5.89. The normalized spacial score (nSPS) is 20.5. The molecule has 2 heterocycles. The van der Waals surface area contributed by atoms with Crippen LogP contribution in [0.2, 0.25) is 0 Å². The second kappa shape index (κ2) is 9.36. The van der Waals surface area contributed by atoms with Gasteiger partial charge in [-0.15, -0.1) is 24.0 Å². The van der Waals surface area contributed by atoms with Gasteiger partial charge in [-0.1, -0.05) is 0 Å². The summed E-state index contributed by atoms with van der Waals surface area (Å²) >= 11 is 0. The van der Waals surface area contributed by atoms with Crippen LogP contribution in [0.25, 0.3) is 0 Å². The van der Waals surface area contributed by atoms with E-state index < -0.39 is 0 Å². The fourth-order valence-corrected chi connectivity index (χ4v) is 2.61. The first-order chi connectivity index (χ1) is 10.1. The summed E-state index contributed by atoms with van der Waals surface area (Å²) in [6.45, 7) is 5.07. The lowest BCUT2D eigenvalue weighted by atomic mass is 10.2. The van der Waals surface area contributed by atoms with E-state index in [2.05, 4.69) is 62.5 Å². The largest absolute Gasteiger partial charge is 0.357 e. The number of likely N-dealkylation sites (N-methyl/N-ethyl adjacent to an activating group) is 2. The minimum Gasteiger partial charge on any atom is -0.357 e. The molecule has 0 aromatic carbocycles. The number of halogens is 1. The highest BCUT2D eigenvalue weighted by atomic mass is 127. The third-order valence-corrected chi connectivity index (χ3v) is 4.06. The summed E-state index contributed by atoms with van der Waals surface area (Å²) in [4.78, 5) is 9.09. The summed E-state index contributed by atoms with van der Waals surface area (Å²) in [5.41, 5.74) is 1.26. The van der Waals surface area contributed by atoms with E-state index in [1.54, 1.807) is 0 Å². The first-order valence-corrected chi connectivity index (χ1v) is 7.52. The van der Waals surface area contributed by atoms with Gasteiger partial charge in [-0.3, -0.25) is 9.89 Å². The number of aliphatic imine (C=N–C) groups is 1. The van der Waals surface area contributed by atoms with Gasteiger partial charge in [0.1, 0.15) is 0 Å². The molecule has 1 aromatic rings. The number of rotatable bonds is 4. The third kappa shape index (κ3) is 5.77. The van der Waals surface area contributed by atoms with Crippen LogP contribution >= 0.6 is 24.0 Å². The molecule has 0 spiro atoms. The van der Waals surface area contributed by atoms with Crippen molar-refractivity contribution >= 4 is 29.9 Å². The molecule has 0 bridgehead atoms. The molecule has 2 N–H and O–H groups in total. The zero-order valence-electron chi connectivity index (χ0n) is 14.0. The van der Waals surface area contributed by atoms with Crippen LogP contribution in [-0.2, 0) is 13.6 Å². The Hall–Kier alpha value is -0.800. The molecule has 1 aliphatic rings. The van der Waals surface area contributed by atoms with E-state index in [1.165, 1.54) is 5.56 Å². The second-order valence-corrected chi connectivity index (χ2v) is 5.89. The van der Waals surface area contributed by atoms with Crippen molar-refractivity contribution in [3.63, 3.8) is 0 Å². The van der Waals surface area contributed by atoms with Gasteiger partial charge in [0, 0.05) is 65.3 Å². The predicted molar refractivity (Wildman–Crippen MR) is 103 cm³/mol. The van der Waals surface area contributed by atoms with Crippen molar-refractivity contribution in [2.45, 2.75) is 12.6 Å². The van der Waals surface area contributed by atoms with Crippen molar-refractivity contribution in [1.82, 2.24) is 25.0 Å². The summed E-state index contributed by atoms with van der Waals surface area (Å²) in [6.07, 6.45) is 4.17. The molecule has 126 valence electrons. The highest BCUT2D eigenvalue weighted by Gasteiger charge is 2.21. The van der Waals surface area contributed by atoms with Crippen LogP contribution in [0.15, 0.2) is 23.5 Å². The molecule has 0 saturated carbocycles. The number of aromatic nitrogens is 1. The van der Waals surface area contributed by atoms with Gasteiger partial charge in [-0.2, -0.15) is 0 Å². The van der Waals surface area contributed by atoms with E-state index in [9.17, 15) is 0 Å². The van der Waals surface area contributed by atoms with Crippen LogP contribution in [0.4, 0.5) is 0 Å². The van der Waals surface area contributed by atoms with Crippen LogP contribution in [-0.4, -0.2) is 73.7 Å². The van der Waals surface area contributed by atoms with Crippen LogP contribution < -0.4 is 10.6 Å². The molecule has 1 atom stereocenters. The lowest BCUT2D eigenvalue weighted by molar-refractivity contribution is 0.116. The highest BCUT2D eigenvalue weighted by molar-refractivity contribution is 14.0. The number of hydrogen-bond acceptors (Lipinski definition) is 3. The monoisotopic (exact) mass is 420 g/mol. The molecule has 1 saturated heterocycles. The van der Waals surface area contributed by atoms with Crippen molar-refractivity contribution in [2.75, 3.05) is 47.3 Å². The van der Waals surface area contributed by atoms with Gasteiger partial charge in [0.05, 0.1) is 0 Å². The first-order valence-electron chi connectivity index (χ1n) is 7.52. The van der Waals surface area contributed by atoms with E-state index in [1.807, 2.05) is 14.1 Å². The van der Waals surface area contributed by atoms with Gasteiger partial charge >= 0.3 is 0 Å². The maximum absolute atomic E-state index is 4.29. The Balaban J connectivity index is 0.00000242. The van der Waals surface area contributed by atoms with Crippen LogP contribution in [0, 0.1) is 0 Å². The number of nitrogens with zero attached hydrogens (tertiary/aromatic N) is 4. The summed E-state index contributed by atoms with van der Waals surface area (Å²) in [7, 11) is 8.23. The molecule has 6 nitrogen and oxygen atoms in total. The Bertz CT molecular complexity index is 472. The molecule has 0 amide bonds. The number of guanidine groups is 1. The zero-order valence-corrected chi connectivity index (χ0v) is 16.4. The fourth-order valence-electron chi connectivity index (χ4n) is 2.61. The summed E-state index contributed by atoms with van der Waals surface area (Å²) < 4.78 is 2.06. The Kier molecular flexibility index (Phi) is 8.19. The van der Waals surface area contributed by atoms with Crippen molar-refractivity contribution in [2.24, 2.45) is 12.0 Å². The van der Waals surface area contributed by atoms with E-state index in [4.69, 9.17) is 0 Å². The van der Waals surface area contributed by atoms with Crippen molar-refractivity contribution < 1.29 is 0 Å². The van der Waals surface area contributed by atoms with Gasteiger partial charge in [0.25, 0.3) is 0 Å². The lowest BCUT2D eigenvalue weighted by Crippen LogP contribution is -2.55. The smallest absolute Gasteiger partial charge is 0.191 e. The van der Waals surface area contributed by atoms with E-state index >= 15 is 0 Å². The van der Waals surface area contributed by atoms with Gasteiger partial charge in [0.2, 0.25) is 0 Å². The maximum Gasteiger partial charge on any atom is 0.191 e. The number of aryl methyl sites for hydroxylation is 1. The van der Waals surface area contributed by atoms with E-state index in [0.717, 1.165) is 38.7 Å². The topological polar surface area (TPSA) is 47.8 Å². The number of hydrogen-bond donors (Lipinski definition) is 2. The average molecular weight is 420 g/mol. The summed E-state index contributed by atoms with van der Waals surface area (Å²) in [5.74, 6) is 0.862. The molecule has 1 aromatic heterocycles. The maximum atomic E-state index is 4.29. The predicted octanol–water partition coefficient (Wildman–Crippen LogP) is 0.554. The fraction of sp³-hybridized carbons (Fsp3) is 0.667. The highest BCUT2D eigenvalue weighted by Crippen LogP contribution is 2.04. The SMILES string of the molecule is CN=C(NCc1ccn(C)c1)NCC1CN(C)CCN1C.I. The first kappa shape index (κ1) is 19.2. The van der Waals surface area contributed by atoms with Gasteiger partial charge < -0.3 is 20.1 Å². The minimum absolute atomic E-state index is 0. The molecule has 0 aliphatic carbocycles. The Morgan fingerprint density at radius 2 is 2.05 bits per heavy atom. The molecule has 2 rings (SSSR count). The molecule has 0 radical (unpaired) electrons. The van der Waals surface area contributed by atoms with E-state index in [-0.39, 0.29) is 24.0 Å². The summed E-state index contributed by atoms with van der Waals surface area (Å²) in [6, 6.07) is 2.64. The molecular weight excluding hydrogens is 391 g/mol. The lowest BCUT2D eigenvalue weighted by Gasteiger charge is -2.37. The van der Waals surface area contributed by atoms with Gasteiger partial charge in [0.15, 0.2) is 5.96 Å². The van der Waals surface area contributed by atoms with Crippen LogP contribution in [0.5, 0.6) is 0 Å². The Morgan fingerprint density at radius 1 is 1.27 bits per heavy atom. The molecule has 1 aliphatic heterocycles. The van der Waals surface area contributed by atoms with E-state index in [0.29, 0.717) is 6.04 Å². The van der Waals surface area contributed by atoms with Crippen molar-refractivity contribution in [3.05, 3.63) is 24.0 Å². The number of piperazine rings is 1. The molecule has 1 unspecified atom stereocenters. The molecule has 7 heteroatoms. The standard InChI is InChI=1S/C15H28N6.HI/c1-16-15(17-9-13-5-6-19(2)11-13)18-10-14-12-20(3)7-8-21(14)4;/h5-6,11,14H,7-10,12H2,1-4H3,(H2,16,17,18);1H. The average Bonchev–Trinajstić information content (AvgIpc) is 2.88. The van der Waals surface area contributed by atoms with Crippen LogP contribution in [0.3, 0.4) is 0 Å². The summed E-state index contributed by atoms with van der Waals surface area (Å²) in [5, 5.41) is 6.79. The van der Waals surface area contributed by atoms with Crippen molar-refractivity contribution in [1.29, 1.82) is 0 Å². The zero-order chi connectivity index (χ0) is 15.2. The van der Waals surface area contributed by atoms with Gasteiger partial charge in [-0.25, -0.2) is 0 Å². The van der Waals surface area contributed by atoms with Crippen molar-refractivity contribution in [3.8, 4) is 0 Å². The minimum atomic E-state index is 0. The molecule has 1 fully saturated rings. The van der Waals surface area contributed by atoms with Crippen LogP contribution in [0.1, 0.15) is 5.56 Å². The number of nitrogens with one attached hydrogen (secondary N) is 2. The molecular formula is C15H29IN6. The quantitative estimate of drug-likeness (QED) is 0.425. The van der Waals surface area contributed by atoms with Gasteiger partial charge in [-0.05, 0) is 25.7 Å². The third-order valence-electron chi connectivity index (χ3n) is 4.06. The molecule has 22 heavy (non-hydrogen) atoms. The Morgan fingerprint density at radius 3 is 2.68 bits per heavy atom.